The Bertz CT molecular complexity index is 581. The molecular formula is C14H20N2O2. The number of aryl methyl sites for hydroxylation is 1. The van der Waals surface area contributed by atoms with Crippen LogP contribution in [0.5, 0.6) is 0 Å². The van der Waals surface area contributed by atoms with Crippen LogP contribution in [0.25, 0.3) is 11.0 Å². The predicted molar refractivity (Wildman–Crippen MR) is 72.8 cm³/mol. The molecule has 0 N–H and O–H groups in total. The first-order valence-corrected chi connectivity index (χ1v) is 6.33. The molecular weight excluding hydrogens is 228 g/mol. The lowest BCUT2D eigenvalue weighted by atomic mass is 10.2. The van der Waals surface area contributed by atoms with E-state index in [1.54, 1.807) is 16.2 Å². The molecule has 1 aromatic heterocycles. The Labute approximate surface area is 107 Å². The normalized spacial score (nSPS) is 11.6. The molecule has 0 radical (unpaired) electrons. The SMILES string of the molecule is CC(C)COCCn1c(=O)n(C)c2ccccc21. The lowest BCUT2D eigenvalue weighted by molar-refractivity contribution is 0.103. The number of nitrogens with zero attached hydrogens (tertiary/aromatic N) is 2. The lowest BCUT2D eigenvalue weighted by Crippen LogP contribution is -2.24. The Hall–Kier alpha value is -1.55. The summed E-state index contributed by atoms with van der Waals surface area (Å²) in [7, 11) is 1.80. The molecule has 0 aliphatic heterocycles. The maximum Gasteiger partial charge on any atom is 0.328 e. The lowest BCUT2D eigenvalue weighted by Gasteiger charge is -2.07. The molecule has 98 valence electrons. The first-order chi connectivity index (χ1) is 8.61. The topological polar surface area (TPSA) is 36.2 Å². The molecule has 4 heteroatoms. The summed E-state index contributed by atoms with van der Waals surface area (Å²) in [6.45, 7) is 6.15. The van der Waals surface area contributed by atoms with Gasteiger partial charge in [0.05, 0.1) is 24.2 Å². The Morgan fingerprint density at radius 2 is 1.89 bits per heavy atom. The predicted octanol–water partition coefficient (Wildman–Crippen LogP) is 2.01. The quantitative estimate of drug-likeness (QED) is 0.759. The van der Waals surface area contributed by atoms with Gasteiger partial charge in [0.2, 0.25) is 0 Å². The van der Waals surface area contributed by atoms with E-state index in [0.717, 1.165) is 17.6 Å². The molecule has 0 fully saturated rings. The Kier molecular flexibility index (Phi) is 3.87. The molecule has 4 nitrogen and oxygen atoms in total. The molecule has 0 spiro atoms. The summed E-state index contributed by atoms with van der Waals surface area (Å²) >= 11 is 0. The van der Waals surface area contributed by atoms with E-state index in [1.807, 2.05) is 24.3 Å². The highest BCUT2D eigenvalue weighted by Gasteiger charge is 2.09. The molecule has 18 heavy (non-hydrogen) atoms. The first kappa shape index (κ1) is 12.9. The average molecular weight is 248 g/mol. The van der Waals surface area contributed by atoms with Crippen LogP contribution in [0.1, 0.15) is 13.8 Å². The second kappa shape index (κ2) is 5.40. The van der Waals surface area contributed by atoms with E-state index >= 15 is 0 Å². The van der Waals surface area contributed by atoms with Gasteiger partial charge in [0.1, 0.15) is 0 Å². The summed E-state index contributed by atoms with van der Waals surface area (Å²) in [6, 6.07) is 7.83. The molecule has 0 saturated carbocycles. The van der Waals surface area contributed by atoms with Crippen molar-refractivity contribution in [2.24, 2.45) is 13.0 Å². The number of imidazole rings is 1. The van der Waals surface area contributed by atoms with Crippen LogP contribution in [0.4, 0.5) is 0 Å². The van der Waals surface area contributed by atoms with E-state index < -0.39 is 0 Å². The first-order valence-electron chi connectivity index (χ1n) is 6.33. The number of para-hydroxylation sites is 2. The minimum Gasteiger partial charge on any atom is -0.379 e. The minimum absolute atomic E-state index is 0.0179. The van der Waals surface area contributed by atoms with Crippen LogP contribution in [0.3, 0.4) is 0 Å². The smallest absolute Gasteiger partial charge is 0.328 e. The molecule has 2 rings (SSSR count). The highest BCUT2D eigenvalue weighted by atomic mass is 16.5. The zero-order valence-electron chi connectivity index (χ0n) is 11.2. The molecule has 1 aromatic carbocycles. The number of ether oxygens (including phenoxy) is 1. The molecule has 0 bridgehead atoms. The summed E-state index contributed by atoms with van der Waals surface area (Å²) in [6.07, 6.45) is 0. The Morgan fingerprint density at radius 3 is 2.56 bits per heavy atom. The van der Waals surface area contributed by atoms with Crippen LogP contribution >= 0.6 is 0 Å². The zero-order valence-corrected chi connectivity index (χ0v) is 11.2. The number of aromatic nitrogens is 2. The van der Waals surface area contributed by atoms with Crippen molar-refractivity contribution in [2.75, 3.05) is 13.2 Å². The van der Waals surface area contributed by atoms with Crippen molar-refractivity contribution in [2.45, 2.75) is 20.4 Å². The molecule has 0 aliphatic carbocycles. The molecule has 0 amide bonds. The van der Waals surface area contributed by atoms with Gasteiger partial charge in [-0.05, 0) is 18.1 Å². The fourth-order valence-corrected chi connectivity index (χ4v) is 2.05. The van der Waals surface area contributed by atoms with Crippen LogP contribution in [0.2, 0.25) is 0 Å². The van der Waals surface area contributed by atoms with E-state index in [2.05, 4.69) is 13.8 Å². The summed E-state index contributed by atoms with van der Waals surface area (Å²) in [5.41, 5.74) is 1.95. The van der Waals surface area contributed by atoms with Gasteiger partial charge in [-0.25, -0.2) is 4.79 Å². The maximum atomic E-state index is 12.1. The van der Waals surface area contributed by atoms with Gasteiger partial charge in [-0.15, -0.1) is 0 Å². The van der Waals surface area contributed by atoms with E-state index in [0.29, 0.717) is 19.1 Å². The third-order valence-corrected chi connectivity index (χ3v) is 2.96. The Balaban J connectivity index is 2.18. The summed E-state index contributed by atoms with van der Waals surface area (Å²) in [4.78, 5) is 12.1. The molecule has 2 aromatic rings. The van der Waals surface area contributed by atoms with Gasteiger partial charge in [-0.1, -0.05) is 26.0 Å². The van der Waals surface area contributed by atoms with Crippen molar-refractivity contribution in [3.63, 3.8) is 0 Å². The Morgan fingerprint density at radius 1 is 1.22 bits per heavy atom. The third-order valence-electron chi connectivity index (χ3n) is 2.96. The standard InChI is InChI=1S/C14H20N2O2/c1-11(2)10-18-9-8-16-13-7-5-4-6-12(13)15(3)14(16)17/h4-7,11H,8-10H2,1-3H3. The number of rotatable bonds is 5. The van der Waals surface area contributed by atoms with Gasteiger partial charge >= 0.3 is 5.69 Å². The minimum atomic E-state index is 0.0179. The summed E-state index contributed by atoms with van der Waals surface area (Å²) in [5.74, 6) is 0.522. The highest BCUT2D eigenvalue weighted by molar-refractivity contribution is 5.75. The van der Waals surface area contributed by atoms with Gasteiger partial charge in [0.25, 0.3) is 0 Å². The van der Waals surface area contributed by atoms with Gasteiger partial charge in [-0.2, -0.15) is 0 Å². The number of hydrogen-bond donors (Lipinski definition) is 0. The number of hydrogen-bond acceptors (Lipinski definition) is 2. The molecule has 0 unspecified atom stereocenters. The van der Waals surface area contributed by atoms with Crippen molar-refractivity contribution in [1.82, 2.24) is 9.13 Å². The van der Waals surface area contributed by atoms with Crippen LogP contribution in [-0.4, -0.2) is 22.3 Å². The van der Waals surface area contributed by atoms with E-state index in [1.165, 1.54) is 0 Å². The highest BCUT2D eigenvalue weighted by Crippen LogP contribution is 2.11. The molecule has 1 heterocycles. The summed E-state index contributed by atoms with van der Waals surface area (Å²) < 4.78 is 9.00. The largest absolute Gasteiger partial charge is 0.379 e. The van der Waals surface area contributed by atoms with Crippen molar-refractivity contribution >= 4 is 11.0 Å². The second-order valence-electron chi connectivity index (χ2n) is 4.95. The number of fused-ring (bicyclic) bond motifs is 1. The third kappa shape index (κ3) is 2.48. The van der Waals surface area contributed by atoms with Crippen molar-refractivity contribution in [3.05, 3.63) is 34.7 Å². The maximum absolute atomic E-state index is 12.1. The van der Waals surface area contributed by atoms with Gasteiger partial charge in [-0.3, -0.25) is 9.13 Å². The fraction of sp³-hybridized carbons (Fsp3) is 0.500. The number of benzene rings is 1. The van der Waals surface area contributed by atoms with Crippen LogP contribution in [0, 0.1) is 5.92 Å². The van der Waals surface area contributed by atoms with E-state index in [-0.39, 0.29) is 5.69 Å². The molecule has 0 saturated heterocycles. The van der Waals surface area contributed by atoms with Crippen LogP contribution in [-0.2, 0) is 18.3 Å². The van der Waals surface area contributed by atoms with Crippen molar-refractivity contribution in [1.29, 1.82) is 0 Å². The van der Waals surface area contributed by atoms with Crippen LogP contribution < -0.4 is 5.69 Å². The van der Waals surface area contributed by atoms with Crippen LogP contribution in [0.15, 0.2) is 29.1 Å². The van der Waals surface area contributed by atoms with Crippen molar-refractivity contribution in [3.8, 4) is 0 Å². The van der Waals surface area contributed by atoms with E-state index in [4.69, 9.17) is 4.74 Å². The fourth-order valence-electron chi connectivity index (χ4n) is 2.05. The zero-order chi connectivity index (χ0) is 13.1. The van der Waals surface area contributed by atoms with Gasteiger partial charge in [0, 0.05) is 13.7 Å². The van der Waals surface area contributed by atoms with Gasteiger partial charge < -0.3 is 4.74 Å². The second-order valence-corrected chi connectivity index (χ2v) is 4.95. The average Bonchev–Trinajstić information content (AvgIpc) is 2.59. The van der Waals surface area contributed by atoms with E-state index in [9.17, 15) is 4.79 Å². The van der Waals surface area contributed by atoms with Gasteiger partial charge in [0.15, 0.2) is 0 Å². The monoisotopic (exact) mass is 248 g/mol. The molecule has 0 aliphatic rings. The summed E-state index contributed by atoms with van der Waals surface area (Å²) in [5, 5.41) is 0. The van der Waals surface area contributed by atoms with Crippen molar-refractivity contribution < 1.29 is 4.74 Å². The molecule has 0 atom stereocenters.